The Morgan fingerprint density at radius 1 is 1.17 bits per heavy atom. The van der Waals surface area contributed by atoms with Crippen LogP contribution < -0.4 is 24.4 Å². The molecule has 7 nitrogen and oxygen atoms in total. The molecule has 0 radical (unpaired) electrons. The molecule has 36 heavy (non-hydrogen) atoms. The maximum Gasteiger partial charge on any atom is 0.338 e. The summed E-state index contributed by atoms with van der Waals surface area (Å²) in [5.74, 6) is 0.752. The summed E-state index contributed by atoms with van der Waals surface area (Å²) in [4.78, 5) is 32.0. The molecule has 1 aliphatic heterocycles. The quantitative estimate of drug-likeness (QED) is 0.351. The first-order valence-corrected chi connectivity index (χ1v) is 13.6. The summed E-state index contributed by atoms with van der Waals surface area (Å²) >= 11 is 8.29. The zero-order chi connectivity index (χ0) is 26.0. The molecule has 0 aliphatic carbocycles. The van der Waals surface area contributed by atoms with Crippen molar-refractivity contribution in [1.29, 1.82) is 0 Å². The molecule has 0 fully saturated rings. The van der Waals surface area contributed by atoms with E-state index in [4.69, 9.17) is 14.2 Å². The molecule has 1 aromatic heterocycles. The molecular weight excluding hydrogens is 612 g/mol. The average molecular weight is 636 g/mol. The van der Waals surface area contributed by atoms with Crippen molar-refractivity contribution in [3.8, 4) is 11.5 Å². The number of aromatic nitrogens is 1. The highest BCUT2D eigenvalue weighted by molar-refractivity contribution is 9.11. The van der Waals surface area contributed by atoms with Gasteiger partial charge >= 0.3 is 5.97 Å². The molecule has 0 saturated carbocycles. The van der Waals surface area contributed by atoms with E-state index in [1.807, 2.05) is 43.3 Å². The first kappa shape index (κ1) is 26.4. The van der Waals surface area contributed by atoms with Crippen LogP contribution in [0.3, 0.4) is 0 Å². The van der Waals surface area contributed by atoms with Gasteiger partial charge in [-0.1, -0.05) is 29.5 Å². The molecule has 0 saturated heterocycles. The Morgan fingerprint density at radius 3 is 2.50 bits per heavy atom. The van der Waals surface area contributed by atoms with Gasteiger partial charge in [0.05, 0.1) is 45.1 Å². The third kappa shape index (κ3) is 4.94. The predicted molar refractivity (Wildman–Crippen MR) is 146 cm³/mol. The van der Waals surface area contributed by atoms with Gasteiger partial charge in [-0.05, 0) is 82.5 Å². The predicted octanol–water partition coefficient (Wildman–Crippen LogP) is 4.73. The number of allylic oxidation sites excluding steroid dienone is 1. The molecule has 0 bridgehead atoms. The van der Waals surface area contributed by atoms with Crippen molar-refractivity contribution < 1.29 is 19.0 Å². The van der Waals surface area contributed by atoms with E-state index in [1.54, 1.807) is 31.6 Å². The number of esters is 1. The van der Waals surface area contributed by atoms with E-state index >= 15 is 0 Å². The van der Waals surface area contributed by atoms with Gasteiger partial charge in [0.1, 0.15) is 17.5 Å². The molecule has 4 rings (SSSR count). The van der Waals surface area contributed by atoms with Crippen LogP contribution in [0.4, 0.5) is 0 Å². The summed E-state index contributed by atoms with van der Waals surface area (Å²) < 4.78 is 20.2. The lowest BCUT2D eigenvalue weighted by atomic mass is 9.95. The normalized spacial score (nSPS) is 15.4. The zero-order valence-electron chi connectivity index (χ0n) is 20.1. The van der Waals surface area contributed by atoms with Gasteiger partial charge in [-0.2, -0.15) is 0 Å². The Kier molecular flexibility index (Phi) is 8.17. The Bertz CT molecular complexity index is 1520. The number of nitrogens with zero attached hydrogens (tertiary/aromatic N) is 2. The molecule has 0 amide bonds. The fourth-order valence-corrected chi connectivity index (χ4v) is 6.68. The maximum absolute atomic E-state index is 13.8. The molecule has 0 N–H and O–H groups in total. The second-order valence-corrected chi connectivity index (χ2v) is 10.5. The van der Waals surface area contributed by atoms with E-state index in [0.29, 0.717) is 44.3 Å². The Morgan fingerprint density at radius 2 is 1.86 bits per heavy atom. The summed E-state index contributed by atoms with van der Waals surface area (Å²) in [6, 6.07) is 10.4. The van der Waals surface area contributed by atoms with Crippen molar-refractivity contribution in [2.75, 3.05) is 20.3 Å². The number of carbonyl (C=O) groups is 1. The van der Waals surface area contributed by atoms with Gasteiger partial charge in [-0.15, -0.1) is 0 Å². The van der Waals surface area contributed by atoms with Crippen LogP contribution in [-0.2, 0) is 9.53 Å². The van der Waals surface area contributed by atoms with E-state index in [0.717, 1.165) is 14.5 Å². The molecule has 2 aromatic carbocycles. The second kappa shape index (κ2) is 11.1. The van der Waals surface area contributed by atoms with Gasteiger partial charge in [0.2, 0.25) is 0 Å². The molecular formula is C26H24Br2N2O5S. The van der Waals surface area contributed by atoms with Crippen molar-refractivity contribution in [2.45, 2.75) is 26.8 Å². The molecule has 0 spiro atoms. The molecule has 0 unspecified atom stereocenters. The number of halogens is 2. The Balaban J connectivity index is 1.97. The van der Waals surface area contributed by atoms with Crippen LogP contribution in [0.25, 0.3) is 6.08 Å². The number of rotatable bonds is 7. The number of carbonyl (C=O) groups excluding carboxylic acids is 1. The lowest BCUT2D eigenvalue weighted by Gasteiger charge is -2.26. The third-order valence-corrected chi connectivity index (χ3v) is 7.71. The first-order chi connectivity index (χ1) is 17.3. The van der Waals surface area contributed by atoms with Gasteiger partial charge in [0.25, 0.3) is 5.56 Å². The fraction of sp³-hybridized carbons (Fsp3) is 0.269. The van der Waals surface area contributed by atoms with E-state index < -0.39 is 12.0 Å². The number of methoxy groups -OCH3 is 1. The molecule has 188 valence electrons. The van der Waals surface area contributed by atoms with Gasteiger partial charge in [0.15, 0.2) is 4.80 Å². The number of hydrogen-bond donors (Lipinski definition) is 0. The number of benzene rings is 2. The first-order valence-electron chi connectivity index (χ1n) is 11.2. The maximum atomic E-state index is 13.8. The lowest BCUT2D eigenvalue weighted by molar-refractivity contribution is -0.139. The Labute approximate surface area is 229 Å². The SMILES string of the molecule is CCOC(=O)C1=C(C)N=c2s/c(=C\c3cc(Br)c(OC)c(Br)c3)c(=O)n2[C@@H]1c1ccccc1OCC. The third-order valence-electron chi connectivity index (χ3n) is 5.55. The highest BCUT2D eigenvalue weighted by Crippen LogP contribution is 2.36. The van der Waals surface area contributed by atoms with Crippen molar-refractivity contribution >= 4 is 55.2 Å². The number of hydrogen-bond acceptors (Lipinski definition) is 7. The summed E-state index contributed by atoms with van der Waals surface area (Å²) in [7, 11) is 1.59. The van der Waals surface area contributed by atoms with E-state index in [-0.39, 0.29) is 12.2 Å². The van der Waals surface area contributed by atoms with Gasteiger partial charge in [-0.25, -0.2) is 9.79 Å². The minimum Gasteiger partial charge on any atom is -0.494 e. The molecule has 2 heterocycles. The van der Waals surface area contributed by atoms with Crippen molar-refractivity contribution in [3.05, 3.63) is 87.4 Å². The van der Waals surface area contributed by atoms with E-state index in [1.165, 1.54) is 11.3 Å². The summed E-state index contributed by atoms with van der Waals surface area (Å²) in [6.07, 6.45) is 1.80. The van der Waals surface area contributed by atoms with Crippen LogP contribution in [0.2, 0.25) is 0 Å². The van der Waals surface area contributed by atoms with Crippen LogP contribution in [0.1, 0.15) is 37.9 Å². The van der Waals surface area contributed by atoms with Crippen LogP contribution in [-0.4, -0.2) is 30.9 Å². The molecule has 10 heteroatoms. The molecule has 1 atom stereocenters. The number of ether oxygens (including phenoxy) is 3. The topological polar surface area (TPSA) is 79.1 Å². The van der Waals surface area contributed by atoms with Crippen LogP contribution in [0.5, 0.6) is 11.5 Å². The minimum atomic E-state index is -0.737. The summed E-state index contributed by atoms with van der Waals surface area (Å²) in [5, 5.41) is 0. The van der Waals surface area contributed by atoms with Crippen molar-refractivity contribution in [1.82, 2.24) is 4.57 Å². The average Bonchev–Trinajstić information content (AvgIpc) is 3.13. The van der Waals surface area contributed by atoms with E-state index in [9.17, 15) is 9.59 Å². The van der Waals surface area contributed by atoms with Gasteiger partial charge < -0.3 is 14.2 Å². The largest absolute Gasteiger partial charge is 0.494 e. The molecule has 1 aliphatic rings. The summed E-state index contributed by atoms with van der Waals surface area (Å²) in [6.45, 7) is 6.05. The fourth-order valence-electron chi connectivity index (χ4n) is 4.09. The number of thiazole rings is 1. The van der Waals surface area contributed by atoms with Crippen molar-refractivity contribution in [3.63, 3.8) is 0 Å². The van der Waals surface area contributed by atoms with Crippen LogP contribution in [0, 0.1) is 0 Å². The minimum absolute atomic E-state index is 0.209. The highest BCUT2D eigenvalue weighted by atomic mass is 79.9. The summed E-state index contributed by atoms with van der Waals surface area (Å²) in [5.41, 5.74) is 2.06. The van der Waals surface area contributed by atoms with Crippen LogP contribution >= 0.6 is 43.2 Å². The van der Waals surface area contributed by atoms with Gasteiger partial charge in [0, 0.05) is 5.56 Å². The number of fused-ring (bicyclic) bond motifs is 1. The smallest absolute Gasteiger partial charge is 0.338 e. The van der Waals surface area contributed by atoms with Crippen molar-refractivity contribution in [2.24, 2.45) is 4.99 Å². The Hall–Kier alpha value is -2.69. The second-order valence-electron chi connectivity index (χ2n) is 7.79. The van der Waals surface area contributed by atoms with E-state index in [2.05, 4.69) is 36.9 Å². The highest BCUT2D eigenvalue weighted by Gasteiger charge is 2.35. The number of para-hydroxylation sites is 1. The van der Waals surface area contributed by atoms with Crippen LogP contribution in [0.15, 0.2) is 66.4 Å². The lowest BCUT2D eigenvalue weighted by Crippen LogP contribution is -2.40. The monoisotopic (exact) mass is 634 g/mol. The molecule has 3 aromatic rings. The van der Waals surface area contributed by atoms with Gasteiger partial charge in [-0.3, -0.25) is 9.36 Å². The zero-order valence-corrected chi connectivity index (χ0v) is 24.1. The standard InChI is InChI=1S/C26H24Br2N2O5S/c1-5-34-19-10-8-7-9-16(19)22-21(25(32)35-6-2)14(3)29-26-30(22)24(31)20(36-26)13-15-11-17(27)23(33-4)18(28)12-15/h7-13,22H,5-6H2,1-4H3/b20-13-/t22-/m1/s1.